The van der Waals surface area contributed by atoms with Gasteiger partial charge in [-0.05, 0) is 0 Å². The number of rotatable bonds is 3. The molecule has 1 N–H and O–H groups in total. The Bertz CT molecular complexity index is 159. The Morgan fingerprint density at radius 2 is 2.25 bits per heavy atom. The molecular formula is C3H6O3SSe. The van der Waals surface area contributed by atoms with E-state index in [1.165, 1.54) is 6.08 Å². The molecule has 0 radical (unpaired) electrons. The first-order valence-electron chi connectivity index (χ1n) is 1.79. The Kier molecular flexibility index (Phi) is 3.31. The molecule has 0 atom stereocenters. The van der Waals surface area contributed by atoms with Crippen LogP contribution in [0.25, 0.3) is 0 Å². The van der Waals surface area contributed by atoms with Gasteiger partial charge in [0.2, 0.25) is 0 Å². The van der Waals surface area contributed by atoms with Gasteiger partial charge in [0.15, 0.2) is 0 Å². The van der Waals surface area contributed by atoms with E-state index in [-0.39, 0.29) is 0 Å². The van der Waals surface area contributed by atoms with Crippen LogP contribution in [-0.4, -0.2) is 26.8 Å². The molecule has 0 rings (SSSR count). The molecule has 0 spiro atoms. The maximum absolute atomic E-state index is 9.93. The summed E-state index contributed by atoms with van der Waals surface area (Å²) in [6.45, 7) is 3.30. The van der Waals surface area contributed by atoms with Crippen LogP contribution in [0.1, 0.15) is 0 Å². The van der Waals surface area contributed by atoms with Gasteiger partial charge in [-0.25, -0.2) is 0 Å². The van der Waals surface area contributed by atoms with E-state index in [4.69, 9.17) is 4.55 Å². The Hall–Kier alpha value is 0.169. The first kappa shape index (κ1) is 8.17. The molecule has 0 amide bonds. The van der Waals surface area contributed by atoms with E-state index in [1.807, 2.05) is 0 Å². The fourth-order valence-corrected chi connectivity index (χ4v) is 2.09. The zero-order chi connectivity index (χ0) is 6.62. The van der Waals surface area contributed by atoms with Gasteiger partial charge < -0.3 is 0 Å². The summed E-state index contributed by atoms with van der Waals surface area (Å²) in [5.74, 6) is 0. The van der Waals surface area contributed by atoms with Gasteiger partial charge in [0, 0.05) is 0 Å². The van der Waals surface area contributed by atoms with E-state index in [0.29, 0.717) is 5.32 Å². The van der Waals surface area contributed by atoms with Gasteiger partial charge in [-0.2, -0.15) is 0 Å². The molecule has 0 aliphatic rings. The molecular weight excluding hydrogens is 195 g/mol. The third-order valence-corrected chi connectivity index (χ3v) is 3.99. The second kappa shape index (κ2) is 3.25. The van der Waals surface area contributed by atoms with Crippen LogP contribution >= 0.6 is 0 Å². The van der Waals surface area contributed by atoms with Crippen LogP contribution in [0.2, 0.25) is 5.32 Å². The molecule has 0 heterocycles. The van der Waals surface area contributed by atoms with Crippen molar-refractivity contribution in [3.05, 3.63) is 12.7 Å². The van der Waals surface area contributed by atoms with Crippen molar-refractivity contribution in [3.63, 3.8) is 0 Å². The normalized spacial score (nSPS) is 11.1. The molecule has 0 aromatic rings. The molecule has 8 heavy (non-hydrogen) atoms. The van der Waals surface area contributed by atoms with Crippen molar-refractivity contribution >= 4 is 22.4 Å². The summed E-state index contributed by atoms with van der Waals surface area (Å²) in [6, 6.07) is 0. The fourth-order valence-electron chi connectivity index (χ4n) is 0.134. The predicted octanol–water partition coefficient (Wildman–Crippen LogP) is 0.0977. The Labute approximate surface area is 53.8 Å². The van der Waals surface area contributed by atoms with Gasteiger partial charge in [0.25, 0.3) is 0 Å². The quantitative estimate of drug-likeness (QED) is 0.400. The van der Waals surface area contributed by atoms with Crippen LogP contribution in [0.3, 0.4) is 0 Å². The van der Waals surface area contributed by atoms with Crippen molar-refractivity contribution in [2.75, 3.05) is 0 Å². The molecule has 48 valence electrons. The molecule has 0 unspecified atom stereocenters. The molecule has 3 nitrogen and oxygen atoms in total. The SMILES string of the molecule is C=CC[Se]S(=O)(=O)O. The monoisotopic (exact) mass is 202 g/mol. The van der Waals surface area contributed by atoms with Gasteiger partial charge in [0.1, 0.15) is 0 Å². The zero-order valence-corrected chi connectivity index (χ0v) is 6.60. The molecule has 0 aliphatic carbocycles. The van der Waals surface area contributed by atoms with Crippen molar-refractivity contribution < 1.29 is 13.0 Å². The third-order valence-electron chi connectivity index (χ3n) is 0.335. The van der Waals surface area contributed by atoms with Crippen LogP contribution in [0.4, 0.5) is 0 Å². The van der Waals surface area contributed by atoms with Gasteiger partial charge in [-0.15, -0.1) is 0 Å². The van der Waals surface area contributed by atoms with E-state index in [2.05, 4.69) is 6.58 Å². The van der Waals surface area contributed by atoms with Gasteiger partial charge >= 0.3 is 53.3 Å². The summed E-state index contributed by atoms with van der Waals surface area (Å²) in [5.41, 5.74) is 0. The van der Waals surface area contributed by atoms with Crippen molar-refractivity contribution in [3.8, 4) is 0 Å². The predicted molar refractivity (Wildman–Crippen MR) is 32.3 cm³/mol. The molecule has 0 fully saturated rings. The third kappa shape index (κ3) is 6.17. The minimum absolute atomic E-state index is 0.367. The molecule has 0 aromatic carbocycles. The van der Waals surface area contributed by atoms with Gasteiger partial charge in [-0.1, -0.05) is 0 Å². The Morgan fingerprint density at radius 1 is 1.75 bits per heavy atom. The molecule has 0 saturated carbocycles. The van der Waals surface area contributed by atoms with Crippen LogP contribution in [0.5, 0.6) is 0 Å². The number of hydrogen-bond donors (Lipinski definition) is 1. The van der Waals surface area contributed by atoms with Gasteiger partial charge in [-0.3, -0.25) is 0 Å². The van der Waals surface area contributed by atoms with Crippen LogP contribution in [0, 0.1) is 0 Å². The Morgan fingerprint density at radius 3 is 2.38 bits per heavy atom. The summed E-state index contributed by atoms with van der Waals surface area (Å²) in [5, 5.41) is 0.367. The van der Waals surface area contributed by atoms with Crippen LogP contribution < -0.4 is 0 Å². The number of hydrogen-bond acceptors (Lipinski definition) is 2. The first-order chi connectivity index (χ1) is 3.56. The minimum atomic E-state index is -3.70. The Balaban J connectivity index is 3.57. The van der Waals surface area contributed by atoms with Gasteiger partial charge in [0.05, 0.1) is 0 Å². The summed E-state index contributed by atoms with van der Waals surface area (Å²) in [6.07, 6.45) is 1.47. The second-order valence-electron chi connectivity index (χ2n) is 1.00. The number of allylic oxidation sites excluding steroid dienone is 1. The second-order valence-corrected chi connectivity index (χ2v) is 6.93. The first-order valence-corrected chi connectivity index (χ1v) is 6.46. The molecule has 0 saturated heterocycles. The van der Waals surface area contributed by atoms with E-state index in [0.717, 1.165) is 0 Å². The summed E-state index contributed by atoms with van der Waals surface area (Å²) in [4.78, 5) is 0. The van der Waals surface area contributed by atoms with E-state index >= 15 is 0 Å². The van der Waals surface area contributed by atoms with Crippen molar-refractivity contribution in [1.29, 1.82) is 0 Å². The molecule has 0 aliphatic heterocycles. The van der Waals surface area contributed by atoms with E-state index < -0.39 is 22.4 Å². The standard InChI is InChI=1S/C3H6O3SSe/c1-2-3-8-7(4,5)6/h2H,1,3H2,(H,4,5,6). The van der Waals surface area contributed by atoms with E-state index in [1.54, 1.807) is 0 Å². The van der Waals surface area contributed by atoms with E-state index in [9.17, 15) is 8.42 Å². The van der Waals surface area contributed by atoms with Crippen molar-refractivity contribution in [1.82, 2.24) is 0 Å². The maximum atomic E-state index is 9.93. The van der Waals surface area contributed by atoms with Crippen molar-refractivity contribution in [2.24, 2.45) is 0 Å². The average molecular weight is 201 g/mol. The summed E-state index contributed by atoms with van der Waals surface area (Å²) >= 11 is -0.727. The zero-order valence-electron chi connectivity index (χ0n) is 4.07. The van der Waals surface area contributed by atoms with Crippen LogP contribution in [0.15, 0.2) is 12.7 Å². The average Bonchev–Trinajstić information content (AvgIpc) is 1.59. The summed E-state index contributed by atoms with van der Waals surface area (Å²) < 4.78 is 28.0. The topological polar surface area (TPSA) is 54.4 Å². The fraction of sp³-hybridized carbons (Fsp3) is 0.333. The molecule has 5 heteroatoms. The molecule has 0 aromatic heterocycles. The summed E-state index contributed by atoms with van der Waals surface area (Å²) in [7, 11) is -3.70. The van der Waals surface area contributed by atoms with Crippen LogP contribution in [-0.2, 0) is 8.54 Å². The molecule has 0 bridgehead atoms. The van der Waals surface area contributed by atoms with Crippen molar-refractivity contribution in [2.45, 2.75) is 5.32 Å².